The van der Waals surface area contributed by atoms with Crippen LogP contribution in [-0.4, -0.2) is 31.1 Å². The molecule has 0 aliphatic rings. The predicted octanol–water partition coefficient (Wildman–Crippen LogP) is 5.16. The van der Waals surface area contributed by atoms with E-state index in [1.165, 1.54) is 16.3 Å². The van der Waals surface area contributed by atoms with Crippen LogP contribution >= 0.6 is 0 Å². The lowest BCUT2D eigenvalue weighted by Crippen LogP contribution is -2.17. The number of nitrogens with zero attached hydrogens (tertiary/aromatic N) is 1. The second-order valence-corrected chi connectivity index (χ2v) is 6.58. The first kappa shape index (κ1) is 18.9. The summed E-state index contributed by atoms with van der Waals surface area (Å²) in [7, 11) is 2.12. The minimum atomic E-state index is -0.275. The van der Waals surface area contributed by atoms with Crippen molar-refractivity contribution in [3.05, 3.63) is 89.5 Å². The van der Waals surface area contributed by atoms with Gasteiger partial charge >= 0.3 is 5.97 Å². The van der Waals surface area contributed by atoms with E-state index in [2.05, 4.69) is 66.6 Å². The van der Waals surface area contributed by atoms with E-state index in [1.807, 2.05) is 19.1 Å². The highest BCUT2D eigenvalue weighted by Gasteiger charge is 2.05. The van der Waals surface area contributed by atoms with Gasteiger partial charge in [-0.25, -0.2) is 4.79 Å². The van der Waals surface area contributed by atoms with Crippen LogP contribution in [-0.2, 0) is 11.3 Å². The number of hydrogen-bond acceptors (Lipinski definition) is 3. The highest BCUT2D eigenvalue weighted by molar-refractivity contribution is 5.89. The summed E-state index contributed by atoms with van der Waals surface area (Å²) in [6.07, 6.45) is 4.22. The molecule has 3 aromatic carbocycles. The van der Waals surface area contributed by atoms with Crippen LogP contribution < -0.4 is 0 Å². The van der Waals surface area contributed by atoms with Crippen molar-refractivity contribution in [1.29, 1.82) is 0 Å². The maximum atomic E-state index is 11.7. The fourth-order valence-electron chi connectivity index (χ4n) is 3.10. The van der Waals surface area contributed by atoms with Crippen LogP contribution in [0.15, 0.2) is 72.8 Å². The molecule has 0 aromatic heterocycles. The van der Waals surface area contributed by atoms with Crippen LogP contribution in [0.1, 0.15) is 28.4 Å². The average molecular weight is 359 g/mol. The molecule has 0 heterocycles. The lowest BCUT2D eigenvalue weighted by molar-refractivity contribution is 0.0526. The van der Waals surface area contributed by atoms with E-state index in [-0.39, 0.29) is 5.97 Å². The van der Waals surface area contributed by atoms with Crippen LogP contribution in [0.4, 0.5) is 0 Å². The number of fused-ring (bicyclic) bond motifs is 1. The molecule has 3 heteroatoms. The quantitative estimate of drug-likeness (QED) is 0.546. The highest BCUT2D eigenvalue weighted by Crippen LogP contribution is 2.19. The Bertz CT molecular complexity index is 923. The zero-order valence-electron chi connectivity index (χ0n) is 15.9. The zero-order chi connectivity index (χ0) is 19.1. The van der Waals surface area contributed by atoms with Gasteiger partial charge in [0.05, 0.1) is 12.2 Å². The SMILES string of the molecule is CCOC(=O)c1ccc(/C=C/CN(C)Cc2cccc3ccccc23)cc1. The third-order valence-electron chi connectivity index (χ3n) is 4.47. The largest absolute Gasteiger partial charge is 0.462 e. The number of esters is 1. The van der Waals surface area contributed by atoms with Crippen molar-refractivity contribution >= 4 is 22.8 Å². The van der Waals surface area contributed by atoms with Crippen LogP contribution in [0.25, 0.3) is 16.8 Å². The van der Waals surface area contributed by atoms with E-state index in [1.54, 1.807) is 12.1 Å². The van der Waals surface area contributed by atoms with Crippen molar-refractivity contribution in [3.8, 4) is 0 Å². The Balaban J connectivity index is 1.58. The van der Waals surface area contributed by atoms with Crippen LogP contribution in [0.2, 0.25) is 0 Å². The number of likely N-dealkylation sites (N-methyl/N-ethyl adjacent to an activating group) is 1. The molecule has 0 atom stereocenters. The summed E-state index contributed by atoms with van der Waals surface area (Å²) >= 11 is 0. The maximum Gasteiger partial charge on any atom is 0.338 e. The maximum absolute atomic E-state index is 11.7. The first-order valence-corrected chi connectivity index (χ1v) is 9.26. The smallest absolute Gasteiger partial charge is 0.338 e. The van der Waals surface area contributed by atoms with Gasteiger partial charge in [-0.05, 0) is 48.0 Å². The Morgan fingerprint density at radius 1 is 1.00 bits per heavy atom. The molecule has 3 aromatic rings. The molecule has 0 spiro atoms. The molecule has 3 rings (SSSR count). The van der Waals surface area contributed by atoms with Crippen molar-refractivity contribution in [2.24, 2.45) is 0 Å². The molecule has 0 N–H and O–H groups in total. The van der Waals surface area contributed by atoms with Crippen LogP contribution in [0.3, 0.4) is 0 Å². The molecule has 0 unspecified atom stereocenters. The molecule has 0 fully saturated rings. The van der Waals surface area contributed by atoms with Gasteiger partial charge in [0.2, 0.25) is 0 Å². The van der Waals surface area contributed by atoms with Gasteiger partial charge in [0.15, 0.2) is 0 Å². The minimum Gasteiger partial charge on any atom is -0.462 e. The molecular weight excluding hydrogens is 334 g/mol. The molecule has 0 saturated carbocycles. The predicted molar refractivity (Wildman–Crippen MR) is 112 cm³/mol. The molecule has 138 valence electrons. The van der Waals surface area contributed by atoms with E-state index in [4.69, 9.17) is 4.74 Å². The van der Waals surface area contributed by atoms with E-state index in [9.17, 15) is 4.79 Å². The molecule has 0 saturated heterocycles. The van der Waals surface area contributed by atoms with E-state index in [0.29, 0.717) is 12.2 Å². The standard InChI is InChI=1S/C24H25NO2/c1-3-27-24(26)21-15-13-19(14-16-21)8-7-17-25(2)18-22-11-6-10-20-9-4-5-12-23(20)22/h4-16H,3,17-18H2,1-2H3/b8-7+. The molecule has 0 bridgehead atoms. The minimum absolute atomic E-state index is 0.275. The van der Waals surface area contributed by atoms with Gasteiger partial charge in [-0.3, -0.25) is 4.90 Å². The number of carbonyl (C=O) groups is 1. The fraction of sp³-hybridized carbons (Fsp3) is 0.208. The third-order valence-corrected chi connectivity index (χ3v) is 4.47. The Kier molecular flexibility index (Phi) is 6.39. The van der Waals surface area contributed by atoms with Crippen LogP contribution in [0, 0.1) is 0 Å². The molecule has 0 aliphatic carbocycles. The topological polar surface area (TPSA) is 29.5 Å². The fourth-order valence-corrected chi connectivity index (χ4v) is 3.10. The average Bonchev–Trinajstić information content (AvgIpc) is 2.69. The second-order valence-electron chi connectivity index (χ2n) is 6.58. The molecular formula is C24H25NO2. The second kappa shape index (κ2) is 9.15. The molecule has 0 aliphatic heterocycles. The summed E-state index contributed by atoms with van der Waals surface area (Å²) in [6.45, 7) is 3.95. The first-order chi connectivity index (χ1) is 13.2. The summed E-state index contributed by atoms with van der Waals surface area (Å²) < 4.78 is 5.00. The van der Waals surface area contributed by atoms with Crippen molar-refractivity contribution in [2.45, 2.75) is 13.5 Å². The van der Waals surface area contributed by atoms with Crippen molar-refractivity contribution in [3.63, 3.8) is 0 Å². The van der Waals surface area contributed by atoms with Crippen molar-refractivity contribution in [2.75, 3.05) is 20.2 Å². The lowest BCUT2D eigenvalue weighted by Gasteiger charge is -2.16. The van der Waals surface area contributed by atoms with Crippen LogP contribution in [0.5, 0.6) is 0 Å². The van der Waals surface area contributed by atoms with E-state index < -0.39 is 0 Å². The van der Waals surface area contributed by atoms with Gasteiger partial charge < -0.3 is 4.74 Å². The monoisotopic (exact) mass is 359 g/mol. The van der Waals surface area contributed by atoms with Gasteiger partial charge in [-0.1, -0.05) is 66.7 Å². The third kappa shape index (κ3) is 5.05. The number of carbonyl (C=O) groups excluding carboxylic acids is 1. The van der Waals surface area contributed by atoms with Gasteiger partial charge in [-0.2, -0.15) is 0 Å². The van der Waals surface area contributed by atoms with Gasteiger partial charge in [-0.15, -0.1) is 0 Å². The molecule has 0 amide bonds. The lowest BCUT2D eigenvalue weighted by atomic mass is 10.0. The summed E-state index contributed by atoms with van der Waals surface area (Å²) in [6, 6.07) is 22.4. The molecule has 3 nitrogen and oxygen atoms in total. The normalized spacial score (nSPS) is 11.4. The Labute approximate surface area is 160 Å². The molecule has 0 radical (unpaired) electrons. The summed E-state index contributed by atoms with van der Waals surface area (Å²) in [4.78, 5) is 14.0. The zero-order valence-corrected chi connectivity index (χ0v) is 15.9. The van der Waals surface area contributed by atoms with Crippen molar-refractivity contribution < 1.29 is 9.53 Å². The number of benzene rings is 3. The summed E-state index contributed by atoms with van der Waals surface area (Å²) in [5.41, 5.74) is 2.99. The Morgan fingerprint density at radius 3 is 2.52 bits per heavy atom. The number of rotatable bonds is 7. The highest BCUT2D eigenvalue weighted by atomic mass is 16.5. The Morgan fingerprint density at radius 2 is 1.74 bits per heavy atom. The van der Waals surface area contributed by atoms with E-state index in [0.717, 1.165) is 18.7 Å². The van der Waals surface area contributed by atoms with E-state index >= 15 is 0 Å². The number of ether oxygens (including phenoxy) is 1. The van der Waals surface area contributed by atoms with Gasteiger partial charge in [0.25, 0.3) is 0 Å². The van der Waals surface area contributed by atoms with Gasteiger partial charge in [0, 0.05) is 13.1 Å². The molecule has 27 heavy (non-hydrogen) atoms. The van der Waals surface area contributed by atoms with Gasteiger partial charge in [0.1, 0.15) is 0 Å². The Hall–Kier alpha value is -2.91. The summed E-state index contributed by atoms with van der Waals surface area (Å²) in [5.74, 6) is -0.275. The van der Waals surface area contributed by atoms with Crippen molar-refractivity contribution in [1.82, 2.24) is 4.90 Å². The summed E-state index contributed by atoms with van der Waals surface area (Å²) in [5, 5.41) is 2.59. The number of hydrogen-bond donors (Lipinski definition) is 0. The first-order valence-electron chi connectivity index (χ1n) is 9.26.